The van der Waals surface area contributed by atoms with Crippen LogP contribution in [0.2, 0.25) is 10.0 Å². The Morgan fingerprint density at radius 3 is 2.64 bits per heavy atom. The van der Waals surface area contributed by atoms with Crippen LogP contribution in [0.1, 0.15) is 29.5 Å². The first-order chi connectivity index (χ1) is 12.0. The highest BCUT2D eigenvalue weighted by Crippen LogP contribution is 2.22. The molecule has 0 spiro atoms. The summed E-state index contributed by atoms with van der Waals surface area (Å²) < 4.78 is 2.13. The van der Waals surface area contributed by atoms with Gasteiger partial charge in [0.25, 0.3) is 5.91 Å². The van der Waals surface area contributed by atoms with E-state index in [2.05, 4.69) is 11.5 Å². The highest BCUT2D eigenvalue weighted by atomic mass is 35.5. The van der Waals surface area contributed by atoms with Crippen molar-refractivity contribution >= 4 is 40.1 Å². The number of carbonyl (C=O) groups is 1. The second-order valence-electron chi connectivity index (χ2n) is 5.98. The van der Waals surface area contributed by atoms with Crippen molar-refractivity contribution in [2.24, 2.45) is 0 Å². The van der Waals surface area contributed by atoms with E-state index < -0.39 is 0 Å². The van der Waals surface area contributed by atoms with E-state index in [0.717, 1.165) is 29.8 Å². The van der Waals surface area contributed by atoms with Crippen molar-refractivity contribution in [2.75, 3.05) is 7.05 Å². The third-order valence-corrected chi connectivity index (χ3v) is 4.50. The van der Waals surface area contributed by atoms with Crippen LogP contribution in [0.15, 0.2) is 42.5 Å². The zero-order valence-electron chi connectivity index (χ0n) is 14.2. The van der Waals surface area contributed by atoms with Crippen LogP contribution >= 0.6 is 23.2 Å². The molecule has 25 heavy (non-hydrogen) atoms. The van der Waals surface area contributed by atoms with Crippen molar-refractivity contribution in [3.63, 3.8) is 0 Å². The van der Waals surface area contributed by atoms with Crippen molar-refractivity contribution in [3.05, 3.63) is 63.9 Å². The van der Waals surface area contributed by atoms with Crippen LogP contribution in [0, 0.1) is 0 Å². The SMILES string of the molecule is CCCn1c(CN(C)C(=O)c2cccc(Cl)c2)nc2ccc(Cl)cc21. The number of hydrogen-bond acceptors (Lipinski definition) is 2. The molecule has 0 radical (unpaired) electrons. The molecule has 1 aromatic heterocycles. The lowest BCUT2D eigenvalue weighted by atomic mass is 10.2. The summed E-state index contributed by atoms with van der Waals surface area (Å²) >= 11 is 12.1. The number of carbonyl (C=O) groups excluding carboxylic acids is 1. The van der Waals surface area contributed by atoms with Gasteiger partial charge in [0.05, 0.1) is 17.6 Å². The standard InChI is InChI=1S/C19H19Cl2N3O/c1-3-9-24-17-11-15(21)7-8-16(17)22-18(24)12-23(2)19(25)13-5-4-6-14(20)10-13/h4-8,10-11H,3,9,12H2,1-2H3. The molecule has 0 unspecified atom stereocenters. The van der Waals surface area contributed by atoms with Gasteiger partial charge >= 0.3 is 0 Å². The molecule has 0 aliphatic carbocycles. The first-order valence-electron chi connectivity index (χ1n) is 8.15. The molecule has 4 nitrogen and oxygen atoms in total. The molecule has 1 heterocycles. The topological polar surface area (TPSA) is 38.1 Å². The quantitative estimate of drug-likeness (QED) is 0.627. The molecular weight excluding hydrogens is 357 g/mol. The Hall–Kier alpha value is -2.04. The fraction of sp³-hybridized carbons (Fsp3) is 0.263. The fourth-order valence-corrected chi connectivity index (χ4v) is 3.22. The van der Waals surface area contributed by atoms with E-state index in [-0.39, 0.29) is 5.91 Å². The maximum absolute atomic E-state index is 12.6. The number of rotatable bonds is 5. The lowest BCUT2D eigenvalue weighted by Gasteiger charge is -2.18. The average molecular weight is 376 g/mol. The van der Waals surface area contributed by atoms with Gasteiger partial charge in [-0.25, -0.2) is 4.98 Å². The number of halogens is 2. The summed E-state index contributed by atoms with van der Waals surface area (Å²) in [5.74, 6) is 0.757. The van der Waals surface area contributed by atoms with Gasteiger partial charge in [-0.15, -0.1) is 0 Å². The number of hydrogen-bond donors (Lipinski definition) is 0. The van der Waals surface area contributed by atoms with E-state index in [9.17, 15) is 4.79 Å². The van der Waals surface area contributed by atoms with E-state index in [1.165, 1.54) is 0 Å². The predicted octanol–water partition coefficient (Wildman–Crippen LogP) is 5.03. The minimum atomic E-state index is -0.0874. The summed E-state index contributed by atoms with van der Waals surface area (Å²) in [6, 6.07) is 12.6. The molecule has 0 fully saturated rings. The van der Waals surface area contributed by atoms with Crippen molar-refractivity contribution in [1.82, 2.24) is 14.5 Å². The van der Waals surface area contributed by atoms with Crippen molar-refractivity contribution in [3.8, 4) is 0 Å². The highest BCUT2D eigenvalue weighted by molar-refractivity contribution is 6.31. The number of nitrogens with zero attached hydrogens (tertiary/aromatic N) is 3. The monoisotopic (exact) mass is 375 g/mol. The lowest BCUT2D eigenvalue weighted by Crippen LogP contribution is -2.27. The molecule has 0 N–H and O–H groups in total. The molecule has 0 bridgehead atoms. The van der Waals surface area contributed by atoms with Gasteiger partial charge in [0.15, 0.2) is 0 Å². The first-order valence-corrected chi connectivity index (χ1v) is 8.91. The van der Waals surface area contributed by atoms with Crippen LogP contribution in [0.4, 0.5) is 0 Å². The average Bonchev–Trinajstić information content (AvgIpc) is 2.91. The van der Waals surface area contributed by atoms with Gasteiger partial charge in [-0.1, -0.05) is 36.2 Å². The van der Waals surface area contributed by atoms with Crippen LogP contribution in [0.5, 0.6) is 0 Å². The van der Waals surface area contributed by atoms with Crippen molar-refractivity contribution < 1.29 is 4.79 Å². The van der Waals surface area contributed by atoms with E-state index in [4.69, 9.17) is 28.2 Å². The first kappa shape index (κ1) is 17.8. The van der Waals surface area contributed by atoms with Crippen molar-refractivity contribution in [1.29, 1.82) is 0 Å². The Kier molecular flexibility index (Phi) is 5.30. The number of aryl methyl sites for hydroxylation is 1. The van der Waals surface area contributed by atoms with Gasteiger partial charge < -0.3 is 9.47 Å². The molecule has 0 saturated heterocycles. The second-order valence-corrected chi connectivity index (χ2v) is 6.86. The molecule has 3 aromatic rings. The Labute approximate surface area is 157 Å². The highest BCUT2D eigenvalue weighted by Gasteiger charge is 2.17. The largest absolute Gasteiger partial charge is 0.334 e. The number of benzene rings is 2. The van der Waals surface area contributed by atoms with Crippen LogP contribution in [-0.4, -0.2) is 27.4 Å². The second kappa shape index (κ2) is 7.46. The Balaban J connectivity index is 1.91. The number of aromatic nitrogens is 2. The smallest absolute Gasteiger partial charge is 0.254 e. The normalized spacial score (nSPS) is 11.0. The van der Waals surface area contributed by atoms with Crippen LogP contribution < -0.4 is 0 Å². The molecule has 3 rings (SSSR count). The Morgan fingerprint density at radius 2 is 1.92 bits per heavy atom. The summed E-state index contributed by atoms with van der Waals surface area (Å²) in [4.78, 5) is 19.0. The number of fused-ring (bicyclic) bond motifs is 1. The molecule has 1 amide bonds. The summed E-state index contributed by atoms with van der Waals surface area (Å²) in [5.41, 5.74) is 2.45. The van der Waals surface area contributed by atoms with E-state index in [1.54, 1.807) is 36.2 Å². The predicted molar refractivity (Wildman–Crippen MR) is 102 cm³/mol. The van der Waals surface area contributed by atoms with Gasteiger partial charge in [-0.2, -0.15) is 0 Å². The summed E-state index contributed by atoms with van der Waals surface area (Å²) in [6.45, 7) is 3.35. The van der Waals surface area contributed by atoms with Crippen LogP contribution in [-0.2, 0) is 13.1 Å². The Morgan fingerprint density at radius 1 is 1.16 bits per heavy atom. The Bertz CT molecular complexity index is 920. The molecular formula is C19H19Cl2N3O. The molecule has 0 atom stereocenters. The zero-order chi connectivity index (χ0) is 18.0. The maximum Gasteiger partial charge on any atom is 0.254 e. The van der Waals surface area contributed by atoms with Crippen LogP contribution in [0.25, 0.3) is 11.0 Å². The van der Waals surface area contributed by atoms with Gasteiger partial charge in [0, 0.05) is 29.2 Å². The van der Waals surface area contributed by atoms with Gasteiger partial charge in [0.1, 0.15) is 5.82 Å². The van der Waals surface area contributed by atoms with E-state index in [0.29, 0.717) is 22.2 Å². The molecule has 0 aliphatic heterocycles. The van der Waals surface area contributed by atoms with E-state index in [1.807, 2.05) is 18.2 Å². The van der Waals surface area contributed by atoms with Gasteiger partial charge in [0.2, 0.25) is 0 Å². The maximum atomic E-state index is 12.6. The number of amides is 1. The molecule has 2 aromatic carbocycles. The third-order valence-electron chi connectivity index (χ3n) is 4.03. The van der Waals surface area contributed by atoms with E-state index >= 15 is 0 Å². The summed E-state index contributed by atoms with van der Waals surface area (Å²) in [6.07, 6.45) is 0.969. The minimum Gasteiger partial charge on any atom is -0.334 e. The third kappa shape index (κ3) is 3.80. The lowest BCUT2D eigenvalue weighted by molar-refractivity contribution is 0.0780. The zero-order valence-corrected chi connectivity index (χ0v) is 15.7. The summed E-state index contributed by atoms with van der Waals surface area (Å²) in [7, 11) is 1.77. The van der Waals surface area contributed by atoms with Crippen molar-refractivity contribution in [2.45, 2.75) is 26.4 Å². The van der Waals surface area contributed by atoms with Gasteiger partial charge in [-0.3, -0.25) is 4.79 Å². The fourth-order valence-electron chi connectivity index (χ4n) is 2.87. The number of imidazole rings is 1. The van der Waals surface area contributed by atoms with Crippen LogP contribution in [0.3, 0.4) is 0 Å². The molecule has 6 heteroatoms. The molecule has 0 saturated carbocycles. The molecule has 130 valence electrons. The molecule has 0 aliphatic rings. The summed E-state index contributed by atoms with van der Waals surface area (Å²) in [5, 5.41) is 1.23. The minimum absolute atomic E-state index is 0.0874. The van der Waals surface area contributed by atoms with Gasteiger partial charge in [-0.05, 0) is 42.8 Å².